The van der Waals surface area contributed by atoms with Crippen LogP contribution in [0.15, 0.2) is 5.16 Å². The summed E-state index contributed by atoms with van der Waals surface area (Å²) >= 11 is 3.93. The Hall–Kier alpha value is -0.350. The predicted octanol–water partition coefficient (Wildman–Crippen LogP) is 3.40. The summed E-state index contributed by atoms with van der Waals surface area (Å²) in [5.74, 6) is 0. The highest BCUT2D eigenvalue weighted by molar-refractivity contribution is 14.1. The monoisotopic (exact) mass is 359 g/mol. The Balaban J connectivity index is 2.78. The number of hydrogen-bond donors (Lipinski definition) is 0. The van der Waals surface area contributed by atoms with Crippen LogP contribution in [0.3, 0.4) is 0 Å². The largest absolute Gasteiger partial charge is 0.226 e. The van der Waals surface area contributed by atoms with Gasteiger partial charge in [-0.25, -0.2) is 9.97 Å². The zero-order valence-electron chi connectivity index (χ0n) is 10.3. The van der Waals surface area contributed by atoms with Gasteiger partial charge in [0, 0.05) is 5.56 Å². The average molecular weight is 359 g/mol. The first-order valence-corrected chi connectivity index (χ1v) is 7.68. The number of fused-ring (bicyclic) bond motifs is 1. The first-order valence-electron chi connectivity index (χ1n) is 5.38. The van der Waals surface area contributed by atoms with E-state index in [1.165, 1.54) is 11.8 Å². The van der Waals surface area contributed by atoms with Crippen LogP contribution in [-0.4, -0.2) is 16.2 Å². The van der Waals surface area contributed by atoms with E-state index in [1.54, 1.807) is 0 Å². The Morgan fingerprint density at radius 1 is 1.35 bits per heavy atom. The maximum atomic E-state index is 9.27. The summed E-state index contributed by atoms with van der Waals surface area (Å²) in [6.07, 6.45) is 2.94. The molecule has 1 aliphatic carbocycles. The normalized spacial score (nSPS) is 25.4. The van der Waals surface area contributed by atoms with Crippen molar-refractivity contribution < 1.29 is 0 Å². The Bertz CT molecular complexity index is 517. The van der Waals surface area contributed by atoms with Crippen LogP contribution < -0.4 is 0 Å². The Labute approximate surface area is 120 Å². The highest BCUT2D eigenvalue weighted by Crippen LogP contribution is 2.53. The number of rotatable bonds is 1. The van der Waals surface area contributed by atoms with Gasteiger partial charge in [0.2, 0.25) is 0 Å². The molecule has 0 saturated carbocycles. The molecule has 90 valence electrons. The number of hydrogen-bond acceptors (Lipinski definition) is 4. The quantitative estimate of drug-likeness (QED) is 0.334. The van der Waals surface area contributed by atoms with Crippen LogP contribution in [0.5, 0.6) is 0 Å². The number of halogens is 1. The summed E-state index contributed by atoms with van der Waals surface area (Å²) in [4.78, 5) is 8.95. The lowest BCUT2D eigenvalue weighted by Crippen LogP contribution is -2.16. The van der Waals surface area contributed by atoms with Crippen LogP contribution >= 0.6 is 34.4 Å². The van der Waals surface area contributed by atoms with Crippen molar-refractivity contribution in [1.29, 1.82) is 5.26 Å². The van der Waals surface area contributed by atoms with Crippen LogP contribution in [0.2, 0.25) is 0 Å². The minimum absolute atomic E-state index is 0.00435. The molecule has 0 spiro atoms. The Morgan fingerprint density at radius 2 is 2.00 bits per heavy atom. The maximum Gasteiger partial charge on any atom is 0.188 e. The van der Waals surface area contributed by atoms with Gasteiger partial charge in [0.15, 0.2) is 5.16 Å². The summed E-state index contributed by atoms with van der Waals surface area (Å²) in [5, 5.41) is 9.97. The molecule has 2 rings (SSSR count). The summed E-state index contributed by atoms with van der Waals surface area (Å²) in [5.41, 5.74) is 2.60. The lowest BCUT2D eigenvalue weighted by molar-refractivity contribution is 0.477. The number of alkyl halides is 1. The molecule has 1 aromatic rings. The van der Waals surface area contributed by atoms with Crippen molar-refractivity contribution in [3.05, 3.63) is 17.0 Å². The van der Waals surface area contributed by atoms with E-state index in [-0.39, 0.29) is 8.84 Å². The average Bonchev–Trinajstić information content (AvgIpc) is 2.43. The van der Waals surface area contributed by atoms with E-state index in [2.05, 4.69) is 59.4 Å². The molecule has 0 fully saturated rings. The van der Waals surface area contributed by atoms with Crippen molar-refractivity contribution in [2.45, 2.75) is 41.2 Å². The molecule has 1 aromatic heterocycles. The topological polar surface area (TPSA) is 49.6 Å². The predicted molar refractivity (Wildman–Crippen MR) is 77.5 cm³/mol. The molecule has 0 unspecified atom stereocenters. The van der Waals surface area contributed by atoms with Gasteiger partial charge in [-0.05, 0) is 25.0 Å². The van der Waals surface area contributed by atoms with Crippen LogP contribution in [0, 0.1) is 11.3 Å². The van der Waals surface area contributed by atoms with Gasteiger partial charge < -0.3 is 0 Å². The number of aromatic nitrogens is 2. The molecule has 1 atom stereocenters. The van der Waals surface area contributed by atoms with Crippen LogP contribution in [-0.2, 0) is 8.84 Å². The molecular weight excluding hydrogens is 345 g/mol. The third-order valence-electron chi connectivity index (χ3n) is 3.12. The molecule has 0 saturated heterocycles. The van der Waals surface area contributed by atoms with Gasteiger partial charge in [0.25, 0.3) is 0 Å². The molecule has 17 heavy (non-hydrogen) atoms. The van der Waals surface area contributed by atoms with Gasteiger partial charge in [0.05, 0.1) is 9.12 Å². The lowest BCUT2D eigenvalue weighted by atomic mass is 9.85. The minimum Gasteiger partial charge on any atom is -0.226 e. The van der Waals surface area contributed by atoms with Gasteiger partial charge in [-0.1, -0.05) is 48.2 Å². The van der Waals surface area contributed by atoms with Gasteiger partial charge in [0.1, 0.15) is 11.8 Å². The van der Waals surface area contributed by atoms with E-state index in [0.717, 1.165) is 17.7 Å². The van der Waals surface area contributed by atoms with Crippen molar-refractivity contribution in [2.24, 2.45) is 0 Å². The zero-order chi connectivity index (χ0) is 12.8. The molecule has 5 heteroatoms. The van der Waals surface area contributed by atoms with E-state index < -0.39 is 0 Å². The van der Waals surface area contributed by atoms with Gasteiger partial charge in [-0.3, -0.25) is 0 Å². The number of thioether (sulfide) groups is 1. The van der Waals surface area contributed by atoms with Crippen molar-refractivity contribution in [3.63, 3.8) is 0 Å². The molecule has 3 nitrogen and oxygen atoms in total. The third-order valence-corrected chi connectivity index (χ3v) is 4.56. The zero-order valence-corrected chi connectivity index (χ0v) is 13.3. The fraction of sp³-hybridized carbons (Fsp3) is 0.583. The Kier molecular flexibility index (Phi) is 3.15. The van der Waals surface area contributed by atoms with Crippen LogP contribution in [0.25, 0.3) is 0 Å². The van der Waals surface area contributed by atoms with E-state index in [9.17, 15) is 5.26 Å². The smallest absolute Gasteiger partial charge is 0.188 e. The van der Waals surface area contributed by atoms with E-state index in [1.807, 2.05) is 6.26 Å². The van der Waals surface area contributed by atoms with Crippen molar-refractivity contribution in [3.8, 4) is 6.07 Å². The number of nitriles is 1. The molecule has 0 aromatic carbocycles. The summed E-state index contributed by atoms with van der Waals surface area (Å²) < 4.78 is -0.00435. The second-order valence-electron chi connectivity index (χ2n) is 5.15. The number of nitrogens with zero attached hydrogens (tertiary/aromatic N) is 3. The second kappa shape index (κ2) is 4.09. The molecule has 1 aliphatic rings. The molecule has 0 amide bonds. The van der Waals surface area contributed by atoms with E-state index >= 15 is 0 Å². The SMILES string of the molecule is CSc1nc(C#N)c2c(n1)[C@](C)(I)CC2(C)C. The van der Waals surface area contributed by atoms with E-state index in [4.69, 9.17) is 0 Å². The molecule has 1 heterocycles. The first-order chi connectivity index (χ1) is 7.81. The van der Waals surface area contributed by atoms with Crippen molar-refractivity contribution in [2.75, 3.05) is 6.26 Å². The second-order valence-corrected chi connectivity index (χ2v) is 8.31. The molecule has 0 N–H and O–H groups in total. The van der Waals surface area contributed by atoms with Gasteiger partial charge in [-0.15, -0.1) is 0 Å². The van der Waals surface area contributed by atoms with E-state index in [0.29, 0.717) is 10.9 Å². The molecule has 0 radical (unpaired) electrons. The Morgan fingerprint density at radius 3 is 2.53 bits per heavy atom. The van der Waals surface area contributed by atoms with Crippen molar-refractivity contribution >= 4 is 34.4 Å². The lowest BCUT2D eigenvalue weighted by Gasteiger charge is -2.20. The maximum absolute atomic E-state index is 9.27. The van der Waals surface area contributed by atoms with Gasteiger partial charge >= 0.3 is 0 Å². The summed E-state index contributed by atoms with van der Waals surface area (Å²) in [6.45, 7) is 6.51. The van der Waals surface area contributed by atoms with Crippen LogP contribution in [0.4, 0.5) is 0 Å². The van der Waals surface area contributed by atoms with Gasteiger partial charge in [-0.2, -0.15) is 5.26 Å². The van der Waals surface area contributed by atoms with Crippen LogP contribution in [0.1, 0.15) is 44.1 Å². The van der Waals surface area contributed by atoms with Crippen molar-refractivity contribution in [1.82, 2.24) is 9.97 Å². The third kappa shape index (κ3) is 2.06. The fourth-order valence-corrected chi connectivity index (χ4v) is 4.34. The fourth-order valence-electron chi connectivity index (χ4n) is 2.63. The molecule has 0 bridgehead atoms. The highest BCUT2D eigenvalue weighted by Gasteiger charge is 2.47. The highest BCUT2D eigenvalue weighted by atomic mass is 127. The summed E-state index contributed by atoms with van der Waals surface area (Å²) in [6, 6.07) is 2.23. The minimum atomic E-state index is -0.0206. The standard InChI is InChI=1S/C12H14IN3S/c1-11(2)6-12(3,13)9-8(11)7(5-14)15-10(16-9)17-4/h6H2,1-4H3/t12-/m1/s1. The first kappa shape index (κ1) is 13.1. The molecular formula is C12H14IN3S. The summed E-state index contributed by atoms with van der Waals surface area (Å²) in [7, 11) is 0. The molecule has 0 aliphatic heterocycles.